The van der Waals surface area contributed by atoms with Gasteiger partial charge in [-0.05, 0) is 24.1 Å². The first-order valence-electron chi connectivity index (χ1n) is 6.39. The van der Waals surface area contributed by atoms with Gasteiger partial charge < -0.3 is 9.91 Å². The summed E-state index contributed by atoms with van der Waals surface area (Å²) in [5.74, 6) is 0.458. The third-order valence-electron chi connectivity index (χ3n) is 3.46. The van der Waals surface area contributed by atoms with E-state index in [1.54, 1.807) is 30.3 Å². The van der Waals surface area contributed by atoms with Crippen LogP contribution in [-0.2, 0) is 5.54 Å². The number of hydrazine groups is 1. The lowest BCUT2D eigenvalue weighted by Gasteiger charge is -2.33. The van der Waals surface area contributed by atoms with E-state index in [0.29, 0.717) is 5.92 Å². The second kappa shape index (κ2) is 4.98. The van der Waals surface area contributed by atoms with Crippen molar-refractivity contribution in [3.8, 4) is 0 Å². The number of carbonyl (C=O) groups excluding carboxylic acids is 1. The van der Waals surface area contributed by atoms with E-state index in [-0.39, 0.29) is 11.4 Å². The summed E-state index contributed by atoms with van der Waals surface area (Å²) < 4.78 is 0. The first-order chi connectivity index (χ1) is 8.86. The van der Waals surface area contributed by atoms with Crippen LogP contribution < -0.4 is 5.43 Å². The predicted octanol–water partition coefficient (Wildman–Crippen LogP) is 2.26. The molecule has 1 aliphatic heterocycles. The van der Waals surface area contributed by atoms with Gasteiger partial charge in [-0.3, -0.25) is 4.79 Å². The minimum Gasteiger partial charge on any atom is -0.344 e. The Morgan fingerprint density at radius 1 is 1.42 bits per heavy atom. The average molecular weight is 279 g/mol. The number of hydrogen-bond donors (Lipinski definition) is 1. The van der Waals surface area contributed by atoms with Crippen LogP contribution in [0.2, 0.25) is 0 Å². The van der Waals surface area contributed by atoms with Gasteiger partial charge in [0.2, 0.25) is 0 Å². The largest absolute Gasteiger partial charge is 0.344 e. The second-order valence-electron chi connectivity index (χ2n) is 5.43. The Labute approximate surface area is 118 Å². The van der Waals surface area contributed by atoms with Crippen LogP contribution in [0.1, 0.15) is 28.4 Å². The molecule has 5 heteroatoms. The van der Waals surface area contributed by atoms with E-state index >= 15 is 0 Å². The van der Waals surface area contributed by atoms with Crippen LogP contribution >= 0.6 is 11.3 Å². The number of carbonyl (C=O) groups is 1. The highest BCUT2D eigenvalue weighted by Crippen LogP contribution is 2.38. The summed E-state index contributed by atoms with van der Waals surface area (Å²) >= 11 is 1.56. The van der Waals surface area contributed by atoms with Gasteiger partial charge in [0.25, 0.3) is 5.91 Å². The van der Waals surface area contributed by atoms with Crippen molar-refractivity contribution in [3.05, 3.63) is 34.2 Å². The maximum absolute atomic E-state index is 12.0. The standard InChI is InChI=1S/C14H21N3OS/c1-10(2)14(8-9-17(5)15-14)12-7-6-11(19-12)13(18)16(3)4/h6-10,15H,1-5H3. The molecule has 0 aromatic carbocycles. The van der Waals surface area contributed by atoms with E-state index in [1.807, 2.05) is 24.3 Å². The number of nitrogens with one attached hydrogen (secondary N) is 1. The van der Waals surface area contributed by atoms with Crippen molar-refractivity contribution < 1.29 is 4.79 Å². The summed E-state index contributed by atoms with van der Waals surface area (Å²) in [5.41, 5.74) is 3.27. The van der Waals surface area contributed by atoms with Crippen molar-refractivity contribution in [1.29, 1.82) is 0 Å². The van der Waals surface area contributed by atoms with Gasteiger partial charge in [0.1, 0.15) is 0 Å². The van der Waals surface area contributed by atoms with Crippen LogP contribution in [0, 0.1) is 5.92 Å². The van der Waals surface area contributed by atoms with Crippen LogP contribution in [0.5, 0.6) is 0 Å². The SMILES string of the molecule is CC(C)C1(c2ccc(C(=O)N(C)C)s2)C=CN(C)N1. The highest BCUT2D eigenvalue weighted by atomic mass is 32.1. The number of amides is 1. The van der Waals surface area contributed by atoms with Crippen molar-refractivity contribution in [2.75, 3.05) is 21.1 Å². The molecule has 104 valence electrons. The lowest BCUT2D eigenvalue weighted by Crippen LogP contribution is -2.45. The lowest BCUT2D eigenvalue weighted by molar-refractivity contribution is 0.0832. The van der Waals surface area contributed by atoms with Crippen LogP contribution in [0.3, 0.4) is 0 Å². The molecule has 0 fully saturated rings. The van der Waals surface area contributed by atoms with Gasteiger partial charge in [-0.2, -0.15) is 0 Å². The Kier molecular flexibility index (Phi) is 3.69. The molecule has 0 saturated heterocycles. The molecule has 2 rings (SSSR count). The first kappa shape index (κ1) is 14.1. The molecule has 0 bridgehead atoms. The normalized spacial score (nSPS) is 22.3. The summed E-state index contributed by atoms with van der Waals surface area (Å²) in [4.78, 5) is 15.6. The minimum atomic E-state index is -0.204. The molecular weight excluding hydrogens is 258 g/mol. The lowest BCUT2D eigenvalue weighted by atomic mass is 9.86. The molecule has 1 amide bonds. The molecule has 2 heterocycles. The monoisotopic (exact) mass is 279 g/mol. The van der Waals surface area contributed by atoms with Crippen molar-refractivity contribution in [1.82, 2.24) is 15.3 Å². The third-order valence-corrected chi connectivity index (χ3v) is 4.69. The zero-order chi connectivity index (χ0) is 14.2. The number of rotatable bonds is 3. The Hall–Kier alpha value is -1.33. The van der Waals surface area contributed by atoms with Gasteiger partial charge in [-0.25, -0.2) is 5.43 Å². The molecule has 1 atom stereocenters. The Morgan fingerprint density at radius 2 is 2.11 bits per heavy atom. The van der Waals surface area contributed by atoms with E-state index in [1.165, 1.54) is 4.88 Å². The fraction of sp³-hybridized carbons (Fsp3) is 0.500. The van der Waals surface area contributed by atoms with Gasteiger partial charge in [0.15, 0.2) is 0 Å². The summed E-state index contributed by atoms with van der Waals surface area (Å²) in [5, 5.41) is 1.97. The Balaban J connectivity index is 2.36. The molecular formula is C14H21N3OS. The molecule has 1 aliphatic rings. The summed E-state index contributed by atoms with van der Waals surface area (Å²) in [6, 6.07) is 3.97. The van der Waals surface area contributed by atoms with Gasteiger partial charge in [0.05, 0.1) is 10.4 Å². The third kappa shape index (κ3) is 2.40. The Morgan fingerprint density at radius 3 is 2.58 bits per heavy atom. The highest BCUT2D eigenvalue weighted by molar-refractivity contribution is 7.14. The van der Waals surface area contributed by atoms with Crippen molar-refractivity contribution in [3.63, 3.8) is 0 Å². The van der Waals surface area contributed by atoms with Gasteiger partial charge in [-0.15, -0.1) is 11.3 Å². The summed E-state index contributed by atoms with van der Waals surface area (Å²) in [6.07, 6.45) is 4.21. The fourth-order valence-corrected chi connectivity index (χ4v) is 3.53. The van der Waals surface area contributed by atoms with Crippen LogP contribution in [-0.4, -0.2) is 37.0 Å². The molecule has 1 N–H and O–H groups in total. The van der Waals surface area contributed by atoms with Crippen molar-refractivity contribution in [2.24, 2.45) is 5.92 Å². The summed E-state index contributed by atoms with van der Waals surface area (Å²) in [6.45, 7) is 4.37. The molecule has 1 unspecified atom stereocenters. The number of nitrogens with zero attached hydrogens (tertiary/aromatic N) is 2. The molecule has 0 radical (unpaired) electrons. The minimum absolute atomic E-state index is 0.0606. The molecule has 4 nitrogen and oxygen atoms in total. The van der Waals surface area contributed by atoms with Crippen molar-refractivity contribution >= 4 is 17.2 Å². The predicted molar refractivity (Wildman–Crippen MR) is 78.9 cm³/mol. The maximum Gasteiger partial charge on any atom is 0.263 e. The molecule has 19 heavy (non-hydrogen) atoms. The topological polar surface area (TPSA) is 35.6 Å². The number of thiophene rings is 1. The van der Waals surface area contributed by atoms with E-state index in [2.05, 4.69) is 31.4 Å². The van der Waals surface area contributed by atoms with Gasteiger partial charge in [0, 0.05) is 32.2 Å². The van der Waals surface area contributed by atoms with E-state index in [4.69, 9.17) is 0 Å². The van der Waals surface area contributed by atoms with Gasteiger partial charge >= 0.3 is 0 Å². The van der Waals surface area contributed by atoms with E-state index < -0.39 is 0 Å². The fourth-order valence-electron chi connectivity index (χ4n) is 2.23. The van der Waals surface area contributed by atoms with Crippen LogP contribution in [0.4, 0.5) is 0 Å². The number of hydrogen-bond acceptors (Lipinski definition) is 4. The molecule has 0 saturated carbocycles. The summed E-state index contributed by atoms with van der Waals surface area (Å²) in [7, 11) is 5.54. The smallest absolute Gasteiger partial charge is 0.263 e. The van der Waals surface area contributed by atoms with Crippen molar-refractivity contribution in [2.45, 2.75) is 19.4 Å². The molecule has 0 spiro atoms. The quantitative estimate of drug-likeness (QED) is 0.922. The molecule has 0 aliphatic carbocycles. The second-order valence-corrected chi connectivity index (χ2v) is 6.51. The van der Waals surface area contributed by atoms with E-state index in [0.717, 1.165) is 4.88 Å². The van der Waals surface area contributed by atoms with E-state index in [9.17, 15) is 4.79 Å². The zero-order valence-electron chi connectivity index (χ0n) is 12.1. The maximum atomic E-state index is 12.0. The van der Waals surface area contributed by atoms with Gasteiger partial charge in [-0.1, -0.05) is 13.8 Å². The van der Waals surface area contributed by atoms with Crippen LogP contribution in [0.25, 0.3) is 0 Å². The molecule has 1 aromatic rings. The Bertz CT molecular complexity index is 507. The first-order valence-corrected chi connectivity index (χ1v) is 7.20. The average Bonchev–Trinajstić information content (AvgIpc) is 2.94. The molecule has 1 aromatic heterocycles. The highest BCUT2D eigenvalue weighted by Gasteiger charge is 2.38. The zero-order valence-corrected chi connectivity index (χ0v) is 12.9. The van der Waals surface area contributed by atoms with Crippen LogP contribution in [0.15, 0.2) is 24.4 Å².